The highest BCUT2D eigenvalue weighted by Crippen LogP contribution is 2.26. The molecule has 0 saturated heterocycles. The van der Waals surface area contributed by atoms with Crippen LogP contribution in [0.3, 0.4) is 0 Å². The lowest BCUT2D eigenvalue weighted by Gasteiger charge is -2.07. The highest BCUT2D eigenvalue weighted by Gasteiger charge is 2.16. The van der Waals surface area contributed by atoms with Gasteiger partial charge in [-0.1, -0.05) is 38.7 Å². The zero-order valence-electron chi connectivity index (χ0n) is 10.6. The van der Waals surface area contributed by atoms with Crippen molar-refractivity contribution in [2.24, 2.45) is 0 Å². The third-order valence-electron chi connectivity index (χ3n) is 2.77. The molecule has 0 aliphatic rings. The summed E-state index contributed by atoms with van der Waals surface area (Å²) in [6, 6.07) is 3.88. The number of hydrogen-bond acceptors (Lipinski definition) is 3. The van der Waals surface area contributed by atoms with Gasteiger partial charge in [0.1, 0.15) is 5.69 Å². The van der Waals surface area contributed by atoms with Crippen LogP contribution in [-0.2, 0) is 0 Å². The van der Waals surface area contributed by atoms with Crippen molar-refractivity contribution < 1.29 is 9.31 Å². The lowest BCUT2D eigenvalue weighted by molar-refractivity contribution is -0.384. The molecular weight excluding hydrogens is 235 g/mol. The molecule has 0 amide bonds. The van der Waals surface area contributed by atoms with Crippen molar-refractivity contribution in [2.45, 2.75) is 39.0 Å². The summed E-state index contributed by atoms with van der Waals surface area (Å²) < 4.78 is 13.5. The van der Waals surface area contributed by atoms with E-state index in [1.54, 1.807) is 0 Å². The number of nitrogens with zero attached hydrogens (tertiary/aromatic N) is 1. The Bertz CT molecular complexity index is 397. The van der Waals surface area contributed by atoms with E-state index in [0.717, 1.165) is 19.3 Å². The molecule has 0 atom stereocenters. The number of para-hydroxylation sites is 1. The van der Waals surface area contributed by atoms with Crippen molar-refractivity contribution in [3.63, 3.8) is 0 Å². The van der Waals surface area contributed by atoms with Gasteiger partial charge in [0, 0.05) is 12.6 Å². The molecule has 0 aliphatic heterocycles. The molecule has 0 aliphatic carbocycles. The van der Waals surface area contributed by atoms with Crippen LogP contribution in [0.2, 0.25) is 0 Å². The second-order valence-corrected chi connectivity index (χ2v) is 4.23. The summed E-state index contributed by atoms with van der Waals surface area (Å²) in [6.45, 7) is 2.70. The first-order valence-electron chi connectivity index (χ1n) is 6.33. The fourth-order valence-electron chi connectivity index (χ4n) is 1.78. The van der Waals surface area contributed by atoms with E-state index in [4.69, 9.17) is 0 Å². The number of nitrogens with one attached hydrogen (secondary N) is 1. The molecule has 0 unspecified atom stereocenters. The number of nitro benzene ring substituents is 1. The molecule has 18 heavy (non-hydrogen) atoms. The quantitative estimate of drug-likeness (QED) is 0.431. The third-order valence-corrected chi connectivity index (χ3v) is 2.77. The Kier molecular flexibility index (Phi) is 6.11. The zero-order valence-corrected chi connectivity index (χ0v) is 10.6. The first-order chi connectivity index (χ1) is 8.66. The normalized spacial score (nSPS) is 10.3. The average Bonchev–Trinajstić information content (AvgIpc) is 2.34. The fraction of sp³-hybridized carbons (Fsp3) is 0.538. The first-order valence-corrected chi connectivity index (χ1v) is 6.33. The van der Waals surface area contributed by atoms with Crippen LogP contribution in [0.1, 0.15) is 39.0 Å². The molecule has 1 rings (SSSR count). The second-order valence-electron chi connectivity index (χ2n) is 4.23. The molecule has 1 aromatic rings. The van der Waals surface area contributed by atoms with Crippen LogP contribution in [0.5, 0.6) is 0 Å². The Balaban J connectivity index is 2.48. The molecule has 0 saturated carbocycles. The number of rotatable bonds is 8. The van der Waals surface area contributed by atoms with E-state index < -0.39 is 10.7 Å². The third kappa shape index (κ3) is 4.31. The minimum Gasteiger partial charge on any atom is -0.377 e. The van der Waals surface area contributed by atoms with E-state index in [1.165, 1.54) is 31.0 Å². The summed E-state index contributed by atoms with van der Waals surface area (Å²) in [5.74, 6) is -0.572. The molecule has 1 aromatic carbocycles. The molecule has 1 N–H and O–H groups in total. The number of anilines is 1. The van der Waals surface area contributed by atoms with E-state index in [9.17, 15) is 14.5 Å². The van der Waals surface area contributed by atoms with E-state index >= 15 is 0 Å². The largest absolute Gasteiger partial charge is 0.377 e. The smallest absolute Gasteiger partial charge is 0.295 e. The van der Waals surface area contributed by atoms with Crippen LogP contribution in [0.25, 0.3) is 0 Å². The molecular formula is C13H19FN2O2. The molecule has 0 spiro atoms. The van der Waals surface area contributed by atoms with Gasteiger partial charge in [0.2, 0.25) is 0 Å². The maximum Gasteiger partial charge on any atom is 0.295 e. The molecule has 4 nitrogen and oxygen atoms in total. The van der Waals surface area contributed by atoms with Crippen LogP contribution in [0, 0.1) is 15.9 Å². The molecule has 5 heteroatoms. The van der Waals surface area contributed by atoms with Gasteiger partial charge >= 0.3 is 0 Å². The fourth-order valence-corrected chi connectivity index (χ4v) is 1.78. The number of hydrogen-bond donors (Lipinski definition) is 1. The van der Waals surface area contributed by atoms with Gasteiger partial charge in [0.25, 0.3) is 5.69 Å². The Hall–Kier alpha value is -1.65. The summed E-state index contributed by atoms with van der Waals surface area (Å²) in [5.41, 5.74) is -0.207. The zero-order chi connectivity index (χ0) is 13.4. The predicted octanol–water partition coefficient (Wildman–Crippen LogP) is 4.12. The van der Waals surface area contributed by atoms with E-state index in [0.29, 0.717) is 6.54 Å². The monoisotopic (exact) mass is 254 g/mol. The highest BCUT2D eigenvalue weighted by atomic mass is 19.1. The molecule has 0 radical (unpaired) electrons. The number of nitro groups is 1. The number of benzene rings is 1. The van der Waals surface area contributed by atoms with Crippen LogP contribution in [0.4, 0.5) is 15.8 Å². The van der Waals surface area contributed by atoms with Gasteiger partial charge in [-0.15, -0.1) is 0 Å². The van der Waals surface area contributed by atoms with Gasteiger partial charge in [0.15, 0.2) is 5.82 Å². The van der Waals surface area contributed by atoms with E-state index in [-0.39, 0.29) is 11.4 Å². The van der Waals surface area contributed by atoms with Gasteiger partial charge in [-0.3, -0.25) is 10.1 Å². The van der Waals surface area contributed by atoms with E-state index in [2.05, 4.69) is 12.2 Å². The van der Waals surface area contributed by atoms with Crippen molar-refractivity contribution in [3.8, 4) is 0 Å². The average molecular weight is 254 g/mol. The summed E-state index contributed by atoms with van der Waals surface area (Å²) in [6.07, 6.45) is 5.47. The molecule has 0 aromatic heterocycles. The maximum absolute atomic E-state index is 13.5. The van der Waals surface area contributed by atoms with Crippen molar-refractivity contribution in [1.29, 1.82) is 0 Å². The maximum atomic E-state index is 13.5. The Labute approximate surface area is 106 Å². The highest BCUT2D eigenvalue weighted by molar-refractivity contribution is 5.62. The summed E-state index contributed by atoms with van der Waals surface area (Å²) >= 11 is 0. The van der Waals surface area contributed by atoms with Crippen molar-refractivity contribution in [1.82, 2.24) is 0 Å². The SMILES string of the molecule is CCCCCCCNc1c(F)cccc1[N+](=O)[O-]. The van der Waals surface area contributed by atoms with Crippen molar-refractivity contribution in [2.75, 3.05) is 11.9 Å². The first kappa shape index (κ1) is 14.4. The van der Waals surface area contributed by atoms with Gasteiger partial charge in [0.05, 0.1) is 4.92 Å². The van der Waals surface area contributed by atoms with Gasteiger partial charge < -0.3 is 5.32 Å². The van der Waals surface area contributed by atoms with Gasteiger partial charge in [-0.05, 0) is 12.5 Å². The molecule has 0 heterocycles. The van der Waals surface area contributed by atoms with Crippen LogP contribution in [-0.4, -0.2) is 11.5 Å². The summed E-state index contributed by atoms with van der Waals surface area (Å²) in [4.78, 5) is 10.2. The Morgan fingerprint density at radius 1 is 1.28 bits per heavy atom. The topological polar surface area (TPSA) is 55.2 Å². The molecule has 100 valence electrons. The lowest BCUT2D eigenvalue weighted by atomic mass is 10.1. The molecule has 0 fully saturated rings. The minimum absolute atomic E-state index is 0.00186. The predicted molar refractivity (Wildman–Crippen MR) is 70.3 cm³/mol. The summed E-state index contributed by atoms with van der Waals surface area (Å²) in [7, 11) is 0. The van der Waals surface area contributed by atoms with Crippen LogP contribution in [0.15, 0.2) is 18.2 Å². The number of unbranched alkanes of at least 4 members (excludes halogenated alkanes) is 4. The lowest BCUT2D eigenvalue weighted by Crippen LogP contribution is -2.06. The second kappa shape index (κ2) is 7.63. The van der Waals surface area contributed by atoms with Crippen molar-refractivity contribution in [3.05, 3.63) is 34.1 Å². The Morgan fingerprint density at radius 2 is 2.00 bits per heavy atom. The standard InChI is InChI=1S/C13H19FN2O2/c1-2-3-4-5-6-10-15-13-11(14)8-7-9-12(13)16(17)18/h7-9,15H,2-6,10H2,1H3. The molecule has 0 bridgehead atoms. The van der Waals surface area contributed by atoms with E-state index in [1.807, 2.05) is 0 Å². The Morgan fingerprint density at radius 3 is 2.67 bits per heavy atom. The number of halogens is 1. The summed E-state index contributed by atoms with van der Waals surface area (Å²) in [5, 5.41) is 13.6. The van der Waals surface area contributed by atoms with Gasteiger partial charge in [-0.2, -0.15) is 0 Å². The van der Waals surface area contributed by atoms with Crippen LogP contribution < -0.4 is 5.32 Å². The van der Waals surface area contributed by atoms with Crippen LogP contribution >= 0.6 is 0 Å². The minimum atomic E-state index is -0.572. The van der Waals surface area contributed by atoms with Crippen molar-refractivity contribution >= 4 is 11.4 Å². The van der Waals surface area contributed by atoms with Gasteiger partial charge in [-0.25, -0.2) is 4.39 Å².